The van der Waals surface area contributed by atoms with Gasteiger partial charge < -0.3 is 19.5 Å². The molecule has 2 unspecified atom stereocenters. The van der Waals surface area contributed by atoms with E-state index in [4.69, 9.17) is 4.74 Å². The lowest BCUT2D eigenvalue weighted by molar-refractivity contribution is -0.148. The quantitative estimate of drug-likeness (QED) is 0.611. The fraction of sp³-hybridized carbons (Fsp3) is 0.407. The van der Waals surface area contributed by atoms with Crippen LogP contribution in [0.3, 0.4) is 0 Å². The molecule has 2 aliphatic rings. The van der Waals surface area contributed by atoms with Gasteiger partial charge in [-0.3, -0.25) is 4.79 Å². The van der Waals surface area contributed by atoms with Gasteiger partial charge in [-0.25, -0.2) is 9.37 Å². The van der Waals surface area contributed by atoms with E-state index in [-0.39, 0.29) is 23.7 Å². The van der Waals surface area contributed by atoms with Crippen molar-refractivity contribution in [3.8, 4) is 11.4 Å². The molecule has 1 N–H and O–H groups in total. The van der Waals surface area contributed by atoms with Crippen molar-refractivity contribution >= 4 is 5.91 Å². The summed E-state index contributed by atoms with van der Waals surface area (Å²) in [5, 5.41) is 3.50. The zero-order valence-corrected chi connectivity index (χ0v) is 19.9. The van der Waals surface area contributed by atoms with Crippen molar-refractivity contribution in [3.05, 3.63) is 77.6 Å². The number of amides is 1. The molecule has 1 spiro atoms. The zero-order chi connectivity index (χ0) is 23.9. The molecule has 2 aliphatic heterocycles. The highest BCUT2D eigenvalue weighted by atomic mass is 19.1. The topological polar surface area (TPSA) is 59.4 Å². The Bertz CT molecular complexity index is 1190. The number of likely N-dealkylation sites (tertiary alicyclic amines) is 1. The van der Waals surface area contributed by atoms with E-state index in [1.54, 1.807) is 25.6 Å². The number of hydrogen-bond donors (Lipinski definition) is 1. The second-order valence-electron chi connectivity index (χ2n) is 9.52. The second-order valence-corrected chi connectivity index (χ2v) is 9.52. The Kier molecular flexibility index (Phi) is 5.90. The summed E-state index contributed by atoms with van der Waals surface area (Å²) >= 11 is 0. The Morgan fingerprint density at radius 3 is 2.74 bits per heavy atom. The molecule has 1 amide bonds. The first-order valence-electron chi connectivity index (χ1n) is 11.9. The number of nitrogens with one attached hydrogen (secondary N) is 1. The van der Waals surface area contributed by atoms with E-state index >= 15 is 0 Å². The first kappa shape index (κ1) is 22.6. The molecule has 0 aliphatic carbocycles. The summed E-state index contributed by atoms with van der Waals surface area (Å²) in [6.07, 6.45) is 5.54. The van der Waals surface area contributed by atoms with Crippen LogP contribution in [0, 0.1) is 18.2 Å². The summed E-state index contributed by atoms with van der Waals surface area (Å²) in [6.45, 7) is 6.12. The zero-order valence-electron chi connectivity index (χ0n) is 19.9. The molecule has 2 saturated heterocycles. The van der Waals surface area contributed by atoms with Crippen LogP contribution in [0.5, 0.6) is 5.75 Å². The van der Waals surface area contributed by atoms with Crippen LogP contribution in [-0.4, -0.2) is 47.1 Å². The van der Waals surface area contributed by atoms with Crippen LogP contribution < -0.4 is 10.1 Å². The molecule has 0 saturated carbocycles. The minimum absolute atomic E-state index is 0.0516. The van der Waals surface area contributed by atoms with Crippen molar-refractivity contribution in [1.82, 2.24) is 19.8 Å². The largest absolute Gasteiger partial charge is 0.495 e. The summed E-state index contributed by atoms with van der Waals surface area (Å²) in [4.78, 5) is 20.3. The van der Waals surface area contributed by atoms with E-state index < -0.39 is 5.41 Å². The SMILES string of the molecule is COc1cc(C2CNCC23CCCN([C@@H](C)c2ccc(F)cc2)C3=O)ccc1-n1cnc(C)c1. The molecule has 178 valence electrons. The maximum absolute atomic E-state index is 14.0. The average molecular weight is 463 g/mol. The Morgan fingerprint density at radius 1 is 1.24 bits per heavy atom. The van der Waals surface area contributed by atoms with E-state index in [1.807, 2.05) is 35.6 Å². The smallest absolute Gasteiger partial charge is 0.231 e. The molecular weight excluding hydrogens is 431 g/mol. The first-order chi connectivity index (χ1) is 16.4. The molecular formula is C27H31FN4O2. The molecule has 3 atom stereocenters. The first-order valence-corrected chi connectivity index (χ1v) is 11.9. The normalized spacial score (nSPS) is 23.5. The van der Waals surface area contributed by atoms with Gasteiger partial charge in [0.15, 0.2) is 0 Å². The fourth-order valence-corrected chi connectivity index (χ4v) is 5.71. The third-order valence-electron chi connectivity index (χ3n) is 7.58. The minimum Gasteiger partial charge on any atom is -0.495 e. The lowest BCUT2D eigenvalue weighted by Gasteiger charge is -2.45. The van der Waals surface area contributed by atoms with Crippen LogP contribution in [0.25, 0.3) is 5.69 Å². The van der Waals surface area contributed by atoms with Crippen molar-refractivity contribution in [2.75, 3.05) is 26.7 Å². The number of methoxy groups -OCH3 is 1. The molecule has 5 rings (SSSR count). The molecule has 2 fully saturated rings. The molecule has 1 aromatic heterocycles. The summed E-state index contributed by atoms with van der Waals surface area (Å²) in [5.41, 5.74) is 3.43. The van der Waals surface area contributed by atoms with Gasteiger partial charge in [0.25, 0.3) is 0 Å². The summed E-state index contributed by atoms with van der Waals surface area (Å²) < 4.78 is 21.1. The number of hydrogen-bond acceptors (Lipinski definition) is 4. The highest BCUT2D eigenvalue weighted by Gasteiger charge is 2.53. The van der Waals surface area contributed by atoms with Crippen LogP contribution in [0.4, 0.5) is 4.39 Å². The van der Waals surface area contributed by atoms with Crippen molar-refractivity contribution in [3.63, 3.8) is 0 Å². The monoisotopic (exact) mass is 462 g/mol. The average Bonchev–Trinajstić information content (AvgIpc) is 3.47. The van der Waals surface area contributed by atoms with Gasteiger partial charge in [0.2, 0.25) is 5.91 Å². The lowest BCUT2D eigenvalue weighted by Crippen LogP contribution is -2.52. The van der Waals surface area contributed by atoms with Crippen molar-refractivity contribution < 1.29 is 13.9 Å². The summed E-state index contributed by atoms with van der Waals surface area (Å²) in [5.74, 6) is 0.729. The van der Waals surface area contributed by atoms with E-state index in [0.717, 1.165) is 47.6 Å². The third-order valence-corrected chi connectivity index (χ3v) is 7.58. The van der Waals surface area contributed by atoms with E-state index in [9.17, 15) is 9.18 Å². The van der Waals surface area contributed by atoms with Gasteiger partial charge in [-0.1, -0.05) is 18.2 Å². The fourth-order valence-electron chi connectivity index (χ4n) is 5.71. The van der Waals surface area contributed by atoms with Gasteiger partial charge in [0.05, 0.1) is 36.3 Å². The molecule has 0 radical (unpaired) electrons. The Labute approximate surface area is 199 Å². The Balaban J connectivity index is 1.46. The van der Waals surface area contributed by atoms with Crippen LogP contribution >= 0.6 is 0 Å². The number of imidazole rings is 1. The Morgan fingerprint density at radius 2 is 2.03 bits per heavy atom. The number of piperidine rings is 1. The number of carbonyl (C=O) groups is 1. The highest BCUT2D eigenvalue weighted by Crippen LogP contribution is 2.48. The lowest BCUT2D eigenvalue weighted by atomic mass is 9.68. The molecule has 2 aromatic carbocycles. The van der Waals surface area contributed by atoms with Crippen molar-refractivity contribution in [1.29, 1.82) is 0 Å². The van der Waals surface area contributed by atoms with Gasteiger partial charge in [0.1, 0.15) is 11.6 Å². The number of ether oxygens (including phenoxy) is 1. The van der Waals surface area contributed by atoms with Crippen LogP contribution in [0.15, 0.2) is 55.0 Å². The molecule has 3 aromatic rings. The van der Waals surface area contributed by atoms with E-state index in [0.29, 0.717) is 13.1 Å². The van der Waals surface area contributed by atoms with Crippen LogP contribution in [0.1, 0.15) is 48.5 Å². The third kappa shape index (κ3) is 3.78. The van der Waals surface area contributed by atoms with E-state index in [2.05, 4.69) is 22.4 Å². The number of nitrogens with zero attached hydrogens (tertiary/aromatic N) is 3. The Hall–Kier alpha value is -3.19. The predicted molar refractivity (Wildman–Crippen MR) is 129 cm³/mol. The van der Waals surface area contributed by atoms with Crippen LogP contribution in [-0.2, 0) is 4.79 Å². The molecule has 7 heteroatoms. The van der Waals surface area contributed by atoms with Gasteiger partial charge in [0, 0.05) is 31.7 Å². The molecule has 6 nitrogen and oxygen atoms in total. The number of aryl methyl sites for hydroxylation is 1. The number of halogens is 1. The predicted octanol–water partition coefficient (Wildman–Crippen LogP) is 4.39. The highest BCUT2D eigenvalue weighted by molar-refractivity contribution is 5.86. The van der Waals surface area contributed by atoms with Crippen molar-refractivity contribution in [2.24, 2.45) is 5.41 Å². The van der Waals surface area contributed by atoms with Gasteiger partial charge in [-0.2, -0.15) is 0 Å². The molecule has 3 heterocycles. The minimum atomic E-state index is -0.495. The number of benzene rings is 2. The second kappa shape index (κ2) is 8.87. The summed E-state index contributed by atoms with van der Waals surface area (Å²) in [6, 6.07) is 12.6. The maximum atomic E-state index is 14.0. The maximum Gasteiger partial charge on any atom is 0.231 e. The number of aromatic nitrogens is 2. The standard InChI is InChI=1S/C27H31FN4O2/c1-18-15-31(17-30-18)24-10-7-21(13-25(24)34-3)23-14-29-16-27(23)11-4-12-32(26(27)33)19(2)20-5-8-22(28)9-6-20/h5-10,13,15,17,19,23,29H,4,11-12,14,16H2,1-3H3/t19-,23?,27?/m0/s1. The van der Waals surface area contributed by atoms with E-state index in [1.165, 1.54) is 12.1 Å². The summed E-state index contributed by atoms with van der Waals surface area (Å²) in [7, 11) is 1.67. The number of rotatable bonds is 5. The van der Waals surface area contributed by atoms with Gasteiger partial charge in [-0.05, 0) is 62.1 Å². The van der Waals surface area contributed by atoms with Gasteiger partial charge in [-0.15, -0.1) is 0 Å². The number of carbonyl (C=O) groups excluding carboxylic acids is 1. The van der Waals surface area contributed by atoms with Crippen LogP contribution in [0.2, 0.25) is 0 Å². The molecule has 34 heavy (non-hydrogen) atoms. The van der Waals surface area contributed by atoms with Crippen molar-refractivity contribution in [2.45, 2.75) is 38.6 Å². The van der Waals surface area contributed by atoms with Gasteiger partial charge >= 0.3 is 0 Å². The molecule has 0 bridgehead atoms.